The van der Waals surface area contributed by atoms with Gasteiger partial charge in [0.25, 0.3) is 5.91 Å². The molecule has 1 aliphatic heterocycles. The van der Waals surface area contributed by atoms with E-state index in [1.54, 1.807) is 17.5 Å². The van der Waals surface area contributed by atoms with Crippen molar-refractivity contribution in [3.63, 3.8) is 0 Å². The van der Waals surface area contributed by atoms with Crippen LogP contribution in [-0.2, 0) is 14.8 Å². The van der Waals surface area contributed by atoms with Crippen molar-refractivity contribution in [1.82, 2.24) is 15.2 Å². The van der Waals surface area contributed by atoms with Crippen molar-refractivity contribution in [2.24, 2.45) is 0 Å². The van der Waals surface area contributed by atoms with E-state index in [1.165, 1.54) is 39.9 Å². The zero-order valence-electron chi connectivity index (χ0n) is 15.6. The Balaban J connectivity index is 1.54. The molecule has 2 amide bonds. The minimum atomic E-state index is -3.64. The van der Waals surface area contributed by atoms with E-state index in [1.807, 2.05) is 0 Å². The van der Waals surface area contributed by atoms with E-state index < -0.39 is 21.8 Å². The van der Waals surface area contributed by atoms with E-state index >= 15 is 0 Å². The van der Waals surface area contributed by atoms with Crippen molar-refractivity contribution in [3.8, 4) is 0 Å². The van der Waals surface area contributed by atoms with E-state index in [2.05, 4.69) is 10.9 Å². The normalized spacial score (nSPS) is 14.5. The van der Waals surface area contributed by atoms with Crippen molar-refractivity contribution in [3.05, 3.63) is 52.2 Å². The summed E-state index contributed by atoms with van der Waals surface area (Å²) in [5.74, 6) is -1.29. The lowest BCUT2D eigenvalue weighted by Gasteiger charge is -2.16. The molecule has 2 heterocycles. The van der Waals surface area contributed by atoms with Gasteiger partial charge in [-0.15, -0.1) is 11.3 Å². The van der Waals surface area contributed by atoms with Gasteiger partial charge in [-0.05, 0) is 42.5 Å². The first kappa shape index (κ1) is 21.2. The molecular formula is C19H21N3O5S2. The largest absolute Gasteiger partial charge is 0.293 e. The first-order valence-corrected chi connectivity index (χ1v) is 11.5. The lowest BCUT2D eigenvalue weighted by Crippen LogP contribution is -2.41. The van der Waals surface area contributed by atoms with Crippen LogP contribution in [0.4, 0.5) is 0 Å². The number of ketones is 1. The molecule has 2 N–H and O–H groups in total. The second-order valence-corrected chi connectivity index (χ2v) is 9.43. The maximum atomic E-state index is 12.6. The average Bonchev–Trinajstić information content (AvgIpc) is 3.44. The average molecular weight is 436 g/mol. The number of Topliss-reactive ketones (excluding diaryl/α,β-unsaturated/α-hetero) is 1. The zero-order chi connectivity index (χ0) is 20.9. The summed E-state index contributed by atoms with van der Waals surface area (Å²) in [5.41, 5.74) is 4.61. The number of amides is 2. The molecule has 0 saturated carbocycles. The number of nitrogens with one attached hydrogen (secondary N) is 2. The number of hydrogen-bond donors (Lipinski definition) is 2. The third-order valence-corrected chi connectivity index (χ3v) is 7.30. The summed E-state index contributed by atoms with van der Waals surface area (Å²) < 4.78 is 26.6. The Morgan fingerprint density at radius 1 is 1.00 bits per heavy atom. The predicted molar refractivity (Wildman–Crippen MR) is 108 cm³/mol. The van der Waals surface area contributed by atoms with Crippen LogP contribution in [0, 0.1) is 0 Å². The smallest absolute Gasteiger partial charge is 0.269 e. The summed E-state index contributed by atoms with van der Waals surface area (Å²) in [6.45, 7) is 0.942. The molecule has 3 rings (SSSR count). The molecule has 1 fully saturated rings. The summed E-state index contributed by atoms with van der Waals surface area (Å²) in [6, 6.07) is 9.13. The number of carbonyl (C=O) groups is 3. The minimum Gasteiger partial charge on any atom is -0.293 e. The van der Waals surface area contributed by atoms with Gasteiger partial charge in [0, 0.05) is 31.5 Å². The van der Waals surface area contributed by atoms with Crippen LogP contribution in [0.5, 0.6) is 0 Å². The Kier molecular flexibility index (Phi) is 6.78. The van der Waals surface area contributed by atoms with E-state index in [0.29, 0.717) is 18.0 Å². The van der Waals surface area contributed by atoms with Crippen LogP contribution in [0.15, 0.2) is 46.7 Å². The number of carbonyl (C=O) groups excluding carboxylic acids is 3. The highest BCUT2D eigenvalue weighted by Gasteiger charge is 2.27. The quantitative estimate of drug-likeness (QED) is 0.510. The van der Waals surface area contributed by atoms with E-state index in [4.69, 9.17) is 0 Å². The highest BCUT2D eigenvalue weighted by molar-refractivity contribution is 7.89. The molecule has 0 spiro atoms. The predicted octanol–water partition coefficient (Wildman–Crippen LogP) is 1.96. The Labute approximate surface area is 172 Å². The molecule has 29 heavy (non-hydrogen) atoms. The highest BCUT2D eigenvalue weighted by atomic mass is 32.2. The molecule has 0 radical (unpaired) electrons. The summed E-state index contributed by atoms with van der Waals surface area (Å²) in [6.07, 6.45) is 1.60. The number of nitrogens with zero attached hydrogens (tertiary/aromatic N) is 1. The molecule has 154 valence electrons. The van der Waals surface area contributed by atoms with Crippen molar-refractivity contribution < 1.29 is 22.8 Å². The molecule has 0 aliphatic carbocycles. The third-order valence-electron chi connectivity index (χ3n) is 4.49. The van der Waals surface area contributed by atoms with E-state index in [-0.39, 0.29) is 29.1 Å². The van der Waals surface area contributed by atoms with Gasteiger partial charge >= 0.3 is 0 Å². The number of hydrazine groups is 1. The van der Waals surface area contributed by atoms with Crippen LogP contribution < -0.4 is 10.9 Å². The standard InChI is InChI=1S/C19H21N3O5S2/c23-16(17-7-4-12-28-17)8-9-18(24)20-21-19(25)14-5-3-6-15(13-14)29(26,27)22-10-1-2-11-22/h3-7,12-13H,1-2,8-11H2,(H,20,24)(H,21,25). The fourth-order valence-corrected chi connectivity index (χ4v) is 5.18. The maximum absolute atomic E-state index is 12.6. The van der Waals surface area contributed by atoms with Crippen molar-refractivity contribution in [1.29, 1.82) is 0 Å². The van der Waals surface area contributed by atoms with Gasteiger partial charge in [-0.2, -0.15) is 4.31 Å². The second kappa shape index (κ2) is 9.29. The Morgan fingerprint density at radius 3 is 2.45 bits per heavy atom. The fourth-order valence-electron chi connectivity index (χ4n) is 2.92. The molecule has 8 nitrogen and oxygen atoms in total. The first-order valence-electron chi connectivity index (χ1n) is 9.14. The van der Waals surface area contributed by atoms with Crippen LogP contribution in [-0.4, -0.2) is 43.4 Å². The van der Waals surface area contributed by atoms with Gasteiger partial charge < -0.3 is 0 Å². The zero-order valence-corrected chi connectivity index (χ0v) is 17.2. The lowest BCUT2D eigenvalue weighted by molar-refractivity contribution is -0.121. The molecule has 0 atom stereocenters. The maximum Gasteiger partial charge on any atom is 0.269 e. The first-order chi connectivity index (χ1) is 13.9. The van der Waals surface area contributed by atoms with Gasteiger partial charge in [0.15, 0.2) is 5.78 Å². The molecule has 1 aromatic heterocycles. The summed E-state index contributed by atoms with van der Waals surface area (Å²) in [7, 11) is -3.64. The van der Waals surface area contributed by atoms with Gasteiger partial charge in [0.2, 0.25) is 15.9 Å². The monoisotopic (exact) mass is 435 g/mol. The molecular weight excluding hydrogens is 414 g/mol. The topological polar surface area (TPSA) is 113 Å². The van der Waals surface area contributed by atoms with Crippen LogP contribution in [0.3, 0.4) is 0 Å². The molecule has 10 heteroatoms. The van der Waals surface area contributed by atoms with Crippen LogP contribution in [0.1, 0.15) is 45.7 Å². The molecule has 1 aromatic carbocycles. The number of benzene rings is 1. The third kappa shape index (κ3) is 5.28. The Hall–Kier alpha value is -2.56. The lowest BCUT2D eigenvalue weighted by atomic mass is 10.2. The Bertz CT molecular complexity index is 997. The highest BCUT2D eigenvalue weighted by Crippen LogP contribution is 2.21. The van der Waals surface area contributed by atoms with Gasteiger partial charge in [0.1, 0.15) is 0 Å². The van der Waals surface area contributed by atoms with Gasteiger partial charge in [-0.3, -0.25) is 25.2 Å². The van der Waals surface area contributed by atoms with Crippen molar-refractivity contribution in [2.75, 3.05) is 13.1 Å². The number of thiophene rings is 1. The number of hydrogen-bond acceptors (Lipinski definition) is 6. The van der Waals surface area contributed by atoms with E-state index in [0.717, 1.165) is 12.8 Å². The number of sulfonamides is 1. The minimum absolute atomic E-state index is 0.0335. The molecule has 0 unspecified atom stereocenters. The Morgan fingerprint density at radius 2 is 1.76 bits per heavy atom. The summed E-state index contributed by atoms with van der Waals surface area (Å²) in [5, 5.41) is 1.78. The summed E-state index contributed by atoms with van der Waals surface area (Å²) in [4.78, 5) is 36.7. The molecule has 1 aliphatic rings. The fraction of sp³-hybridized carbons (Fsp3) is 0.316. The van der Waals surface area contributed by atoms with Crippen LogP contribution >= 0.6 is 11.3 Å². The van der Waals surface area contributed by atoms with E-state index in [9.17, 15) is 22.8 Å². The van der Waals surface area contributed by atoms with Crippen molar-refractivity contribution in [2.45, 2.75) is 30.6 Å². The molecule has 1 saturated heterocycles. The van der Waals surface area contributed by atoms with Crippen molar-refractivity contribution >= 4 is 39.0 Å². The summed E-state index contributed by atoms with van der Waals surface area (Å²) >= 11 is 1.31. The van der Waals surface area contributed by atoms with Gasteiger partial charge in [-0.1, -0.05) is 12.1 Å². The molecule has 0 bridgehead atoms. The SMILES string of the molecule is O=C(CCC(=O)c1cccs1)NNC(=O)c1cccc(S(=O)(=O)N2CCCC2)c1. The number of rotatable bonds is 7. The second-order valence-electron chi connectivity index (χ2n) is 6.54. The van der Waals surface area contributed by atoms with Crippen LogP contribution in [0.25, 0.3) is 0 Å². The van der Waals surface area contributed by atoms with Gasteiger partial charge in [-0.25, -0.2) is 8.42 Å². The molecule has 2 aromatic rings. The van der Waals surface area contributed by atoms with Gasteiger partial charge in [0.05, 0.1) is 9.77 Å². The van der Waals surface area contributed by atoms with Crippen LogP contribution in [0.2, 0.25) is 0 Å².